The van der Waals surface area contributed by atoms with Crippen molar-refractivity contribution in [1.29, 1.82) is 0 Å². The van der Waals surface area contributed by atoms with Gasteiger partial charge in [-0.25, -0.2) is 0 Å². The highest BCUT2D eigenvalue weighted by Gasteiger charge is 2.37. The van der Waals surface area contributed by atoms with Crippen molar-refractivity contribution >= 4 is 10.9 Å². The van der Waals surface area contributed by atoms with E-state index in [1.54, 1.807) is 5.56 Å². The van der Waals surface area contributed by atoms with Crippen molar-refractivity contribution in [2.24, 2.45) is 0 Å². The van der Waals surface area contributed by atoms with Gasteiger partial charge in [-0.2, -0.15) is 0 Å². The Hall–Kier alpha value is -2.10. The third kappa shape index (κ3) is 2.59. The van der Waals surface area contributed by atoms with E-state index < -0.39 is 0 Å². The highest BCUT2D eigenvalue weighted by molar-refractivity contribution is 5.84. The van der Waals surface area contributed by atoms with Gasteiger partial charge < -0.3 is 4.98 Å². The first-order valence-corrected chi connectivity index (χ1v) is 9.40. The summed E-state index contributed by atoms with van der Waals surface area (Å²) in [5.74, 6) is 0. The maximum atomic E-state index is 3.66. The molecule has 0 saturated carbocycles. The summed E-state index contributed by atoms with van der Waals surface area (Å²) in [5.41, 5.74) is 5.69. The van der Waals surface area contributed by atoms with Crippen LogP contribution in [0.1, 0.15) is 23.7 Å². The number of para-hydroxylation sites is 1. The van der Waals surface area contributed by atoms with Gasteiger partial charge in [0.2, 0.25) is 0 Å². The first-order valence-electron chi connectivity index (χ1n) is 9.40. The Morgan fingerprint density at radius 2 is 1.80 bits per heavy atom. The third-order valence-corrected chi connectivity index (χ3v) is 6.18. The smallest absolute Gasteiger partial charge is 0.0459 e. The summed E-state index contributed by atoms with van der Waals surface area (Å²) in [6.45, 7) is 6.86. The lowest BCUT2D eigenvalue weighted by atomic mass is 9.90. The van der Waals surface area contributed by atoms with E-state index in [-0.39, 0.29) is 0 Å². The Bertz CT molecular complexity index is 883. The third-order valence-electron chi connectivity index (χ3n) is 6.18. The van der Waals surface area contributed by atoms with E-state index in [0.29, 0.717) is 12.1 Å². The number of aromatic amines is 1. The van der Waals surface area contributed by atoms with E-state index in [4.69, 9.17) is 0 Å². The Morgan fingerprint density at radius 1 is 1.00 bits per heavy atom. The molecule has 1 N–H and O–H groups in total. The summed E-state index contributed by atoms with van der Waals surface area (Å²) in [7, 11) is 0. The Labute approximate surface area is 149 Å². The molecule has 3 aromatic rings. The monoisotopic (exact) mass is 331 g/mol. The van der Waals surface area contributed by atoms with Gasteiger partial charge in [-0.1, -0.05) is 48.5 Å². The molecular formula is C22H25N3. The molecule has 1 fully saturated rings. The van der Waals surface area contributed by atoms with Crippen molar-refractivity contribution in [3.05, 3.63) is 71.4 Å². The van der Waals surface area contributed by atoms with Crippen LogP contribution < -0.4 is 0 Å². The number of rotatable bonds is 2. The van der Waals surface area contributed by atoms with Crippen molar-refractivity contribution in [3.63, 3.8) is 0 Å². The SMILES string of the molecule is C[C@@H]1[C@@H]2Cc3c([nH]c4ccccc34)CN2CCN1Cc1ccccc1. The van der Waals surface area contributed by atoms with Gasteiger partial charge >= 0.3 is 0 Å². The summed E-state index contributed by atoms with van der Waals surface area (Å²) in [6, 6.07) is 20.9. The average molecular weight is 331 g/mol. The van der Waals surface area contributed by atoms with Gasteiger partial charge in [-0.15, -0.1) is 0 Å². The highest BCUT2D eigenvalue weighted by atomic mass is 15.3. The normalized spacial score (nSPS) is 24.2. The Balaban J connectivity index is 1.42. The lowest BCUT2D eigenvalue weighted by molar-refractivity contribution is 0.0107. The maximum Gasteiger partial charge on any atom is 0.0459 e. The fraction of sp³-hybridized carbons (Fsp3) is 0.364. The minimum atomic E-state index is 0.579. The minimum Gasteiger partial charge on any atom is -0.357 e. The van der Waals surface area contributed by atoms with Crippen LogP contribution in [0.2, 0.25) is 0 Å². The van der Waals surface area contributed by atoms with E-state index in [9.17, 15) is 0 Å². The van der Waals surface area contributed by atoms with E-state index >= 15 is 0 Å². The van der Waals surface area contributed by atoms with Crippen molar-refractivity contribution in [2.75, 3.05) is 13.1 Å². The quantitative estimate of drug-likeness (QED) is 0.772. The molecule has 1 aromatic heterocycles. The van der Waals surface area contributed by atoms with Crippen molar-refractivity contribution in [1.82, 2.24) is 14.8 Å². The Morgan fingerprint density at radius 3 is 2.68 bits per heavy atom. The van der Waals surface area contributed by atoms with E-state index in [0.717, 1.165) is 32.6 Å². The van der Waals surface area contributed by atoms with Crippen LogP contribution in [0.4, 0.5) is 0 Å². The van der Waals surface area contributed by atoms with Crippen LogP contribution in [-0.4, -0.2) is 40.0 Å². The van der Waals surface area contributed by atoms with Crippen molar-refractivity contribution < 1.29 is 0 Å². The molecule has 2 aliphatic heterocycles. The first kappa shape index (κ1) is 15.2. The molecule has 0 bridgehead atoms. The minimum absolute atomic E-state index is 0.579. The number of hydrogen-bond donors (Lipinski definition) is 1. The van der Waals surface area contributed by atoms with Crippen LogP contribution in [0.15, 0.2) is 54.6 Å². The van der Waals surface area contributed by atoms with Crippen LogP contribution >= 0.6 is 0 Å². The predicted molar refractivity (Wildman–Crippen MR) is 103 cm³/mol. The number of nitrogens with zero attached hydrogens (tertiary/aromatic N) is 2. The van der Waals surface area contributed by atoms with Gasteiger partial charge in [0.25, 0.3) is 0 Å². The second-order valence-electron chi connectivity index (χ2n) is 7.57. The molecule has 0 aliphatic carbocycles. The van der Waals surface area contributed by atoms with Crippen LogP contribution in [0.25, 0.3) is 10.9 Å². The maximum absolute atomic E-state index is 3.66. The average Bonchev–Trinajstić information content (AvgIpc) is 3.01. The molecular weight excluding hydrogens is 306 g/mol. The van der Waals surface area contributed by atoms with Gasteiger partial charge in [-0.3, -0.25) is 9.80 Å². The molecule has 0 radical (unpaired) electrons. The summed E-state index contributed by atoms with van der Waals surface area (Å²) < 4.78 is 0. The van der Waals surface area contributed by atoms with Gasteiger partial charge in [-0.05, 0) is 30.5 Å². The lowest BCUT2D eigenvalue weighted by Crippen LogP contribution is -2.59. The van der Waals surface area contributed by atoms with Crippen LogP contribution in [0.3, 0.4) is 0 Å². The number of benzene rings is 2. The number of H-pyrrole nitrogens is 1. The molecule has 5 rings (SSSR count). The van der Waals surface area contributed by atoms with Gasteiger partial charge in [0.05, 0.1) is 0 Å². The van der Waals surface area contributed by atoms with Gasteiger partial charge in [0, 0.05) is 54.9 Å². The summed E-state index contributed by atoms with van der Waals surface area (Å²) >= 11 is 0. The zero-order chi connectivity index (χ0) is 16.8. The number of nitrogens with one attached hydrogen (secondary N) is 1. The first-order chi connectivity index (χ1) is 12.3. The van der Waals surface area contributed by atoms with E-state index in [1.807, 2.05) is 0 Å². The molecule has 1 saturated heterocycles. The number of fused-ring (bicyclic) bond motifs is 4. The van der Waals surface area contributed by atoms with Gasteiger partial charge in [0.1, 0.15) is 0 Å². The molecule has 0 spiro atoms. The molecule has 3 nitrogen and oxygen atoms in total. The fourth-order valence-corrected chi connectivity index (χ4v) is 4.75. The zero-order valence-corrected chi connectivity index (χ0v) is 14.8. The zero-order valence-electron chi connectivity index (χ0n) is 14.8. The molecule has 128 valence electrons. The van der Waals surface area contributed by atoms with Crippen molar-refractivity contribution in [2.45, 2.75) is 38.5 Å². The summed E-state index contributed by atoms with van der Waals surface area (Å²) in [5, 5.41) is 1.42. The molecule has 3 heterocycles. The molecule has 25 heavy (non-hydrogen) atoms. The van der Waals surface area contributed by atoms with E-state index in [2.05, 4.69) is 76.3 Å². The molecule has 0 unspecified atom stereocenters. The van der Waals surface area contributed by atoms with Crippen molar-refractivity contribution in [3.8, 4) is 0 Å². The molecule has 0 amide bonds. The Kier molecular flexibility index (Phi) is 3.65. The second kappa shape index (κ2) is 6.01. The van der Waals surface area contributed by atoms with Crippen LogP contribution in [0, 0.1) is 0 Å². The molecule has 2 aromatic carbocycles. The van der Waals surface area contributed by atoms with Crippen LogP contribution in [0.5, 0.6) is 0 Å². The topological polar surface area (TPSA) is 22.3 Å². The number of piperazine rings is 1. The fourth-order valence-electron chi connectivity index (χ4n) is 4.75. The molecule has 2 atom stereocenters. The predicted octanol–water partition coefficient (Wildman–Crippen LogP) is 3.80. The summed E-state index contributed by atoms with van der Waals surface area (Å²) in [6.07, 6.45) is 1.16. The second-order valence-corrected chi connectivity index (χ2v) is 7.57. The number of aromatic nitrogens is 1. The standard InChI is InChI=1S/C22H25N3/c1-16-22-13-19-18-9-5-6-10-20(18)23-21(19)15-25(22)12-11-24(16)14-17-7-3-2-4-8-17/h2-10,16,22-23H,11-15H2,1H3/t16-,22+/m1/s1. The molecule has 3 heteroatoms. The largest absolute Gasteiger partial charge is 0.357 e. The number of hydrogen-bond acceptors (Lipinski definition) is 2. The highest BCUT2D eigenvalue weighted by Crippen LogP contribution is 2.34. The van der Waals surface area contributed by atoms with E-state index in [1.165, 1.54) is 22.2 Å². The molecule has 2 aliphatic rings. The summed E-state index contributed by atoms with van der Waals surface area (Å²) in [4.78, 5) is 9.01. The lowest BCUT2D eigenvalue weighted by Gasteiger charge is -2.48. The van der Waals surface area contributed by atoms with Crippen LogP contribution in [-0.2, 0) is 19.5 Å². The van der Waals surface area contributed by atoms with Gasteiger partial charge in [0.15, 0.2) is 0 Å².